The fourth-order valence-electron chi connectivity index (χ4n) is 6.33. The van der Waals surface area contributed by atoms with Crippen molar-refractivity contribution < 1.29 is 23.8 Å². The highest BCUT2D eigenvalue weighted by Crippen LogP contribution is 2.44. The lowest BCUT2D eigenvalue weighted by Crippen LogP contribution is -2.49. The molecule has 3 atom stereocenters. The number of nitrogens with one attached hydrogen (secondary N) is 2. The first-order valence-corrected chi connectivity index (χ1v) is 14.8. The van der Waals surface area contributed by atoms with Gasteiger partial charge in [-0.05, 0) is 86.7 Å². The van der Waals surface area contributed by atoms with Gasteiger partial charge in [0.25, 0.3) is 0 Å². The summed E-state index contributed by atoms with van der Waals surface area (Å²) in [6.07, 6.45) is 5.08. The summed E-state index contributed by atoms with van der Waals surface area (Å²) in [5.74, 6) is -0.217. The molecule has 0 radical (unpaired) electrons. The number of aryl methyl sites for hydroxylation is 1. The van der Waals surface area contributed by atoms with E-state index in [0.717, 1.165) is 49.9 Å². The fraction of sp³-hybridized carbons (Fsp3) is 0.562. The molecule has 40 heavy (non-hydrogen) atoms. The van der Waals surface area contributed by atoms with E-state index >= 15 is 4.39 Å². The van der Waals surface area contributed by atoms with Crippen LogP contribution in [0.15, 0.2) is 42.5 Å². The summed E-state index contributed by atoms with van der Waals surface area (Å²) in [6, 6.07) is 12.7. The van der Waals surface area contributed by atoms with Gasteiger partial charge in [-0.2, -0.15) is 0 Å². The molecule has 0 aliphatic carbocycles. The van der Waals surface area contributed by atoms with Crippen LogP contribution in [0.2, 0.25) is 0 Å². The Bertz CT molecular complexity index is 1150. The highest BCUT2D eigenvalue weighted by atomic mass is 19.1. The molecule has 0 bridgehead atoms. The van der Waals surface area contributed by atoms with Crippen molar-refractivity contribution in [3.8, 4) is 11.1 Å². The predicted molar refractivity (Wildman–Crippen MR) is 154 cm³/mol. The lowest BCUT2D eigenvalue weighted by Gasteiger charge is -2.44. The van der Waals surface area contributed by atoms with E-state index in [2.05, 4.69) is 17.6 Å². The Morgan fingerprint density at radius 3 is 2.77 bits per heavy atom. The van der Waals surface area contributed by atoms with Crippen molar-refractivity contribution in [3.63, 3.8) is 0 Å². The van der Waals surface area contributed by atoms with Crippen LogP contribution < -0.4 is 10.6 Å². The molecule has 2 aliphatic rings. The number of halogens is 1. The summed E-state index contributed by atoms with van der Waals surface area (Å²) in [5.41, 5.74) is 1.31. The number of rotatable bonds is 10. The Kier molecular flexibility index (Phi) is 10.6. The molecule has 2 amide bonds. The van der Waals surface area contributed by atoms with Gasteiger partial charge >= 0.3 is 6.09 Å². The van der Waals surface area contributed by atoms with Crippen molar-refractivity contribution in [2.24, 2.45) is 11.8 Å². The van der Waals surface area contributed by atoms with Crippen molar-refractivity contribution in [2.45, 2.75) is 63.9 Å². The standard InChI is InChI=1S/C32H44FN3O4/c1-3-23-9-4-11-25(19-23)30-27(13-5-14-28(30)33)32(39,15-8-18-40-31(38)34-2)26-12-7-17-36(22-26)29(37)20-24-10-6-16-35-21-24/h4-5,9,11,13-14,19,24,26,35,39H,3,6-8,10,12,15-18,20-22H2,1-2H3,(H,34,38). The van der Waals surface area contributed by atoms with Gasteiger partial charge in [0.15, 0.2) is 0 Å². The third-order valence-corrected chi connectivity index (χ3v) is 8.56. The van der Waals surface area contributed by atoms with Gasteiger partial charge in [-0.25, -0.2) is 9.18 Å². The molecule has 7 nitrogen and oxygen atoms in total. The minimum Gasteiger partial charge on any atom is -0.450 e. The van der Waals surface area contributed by atoms with Crippen LogP contribution in [0.4, 0.5) is 9.18 Å². The van der Waals surface area contributed by atoms with Crippen LogP contribution in [0.25, 0.3) is 11.1 Å². The van der Waals surface area contributed by atoms with E-state index in [9.17, 15) is 14.7 Å². The van der Waals surface area contributed by atoms with Crippen LogP contribution >= 0.6 is 0 Å². The molecule has 0 saturated carbocycles. The molecule has 2 saturated heterocycles. The molecule has 8 heteroatoms. The highest BCUT2D eigenvalue weighted by Gasteiger charge is 2.43. The van der Waals surface area contributed by atoms with E-state index in [-0.39, 0.29) is 30.7 Å². The molecule has 0 aromatic heterocycles. The van der Waals surface area contributed by atoms with Crippen molar-refractivity contribution in [1.82, 2.24) is 15.5 Å². The number of amides is 2. The number of alkyl carbamates (subject to hydrolysis) is 1. The lowest BCUT2D eigenvalue weighted by molar-refractivity contribution is -0.138. The Hall–Kier alpha value is -2.97. The molecule has 0 spiro atoms. The molecule has 2 aromatic rings. The number of likely N-dealkylation sites (tertiary alicyclic amines) is 1. The maximum Gasteiger partial charge on any atom is 0.406 e. The second kappa shape index (κ2) is 14.1. The van der Waals surface area contributed by atoms with E-state index in [0.29, 0.717) is 49.4 Å². The average Bonchev–Trinajstić information content (AvgIpc) is 2.99. The third-order valence-electron chi connectivity index (χ3n) is 8.56. The van der Waals surface area contributed by atoms with E-state index < -0.39 is 11.7 Å². The maximum atomic E-state index is 15.6. The second-order valence-corrected chi connectivity index (χ2v) is 11.2. The maximum absolute atomic E-state index is 15.6. The number of carbonyl (C=O) groups is 2. The second-order valence-electron chi connectivity index (χ2n) is 11.2. The monoisotopic (exact) mass is 553 g/mol. The van der Waals surface area contributed by atoms with E-state index in [1.807, 2.05) is 35.2 Å². The first-order chi connectivity index (χ1) is 19.4. The Labute approximate surface area is 237 Å². The number of ether oxygens (including phenoxy) is 1. The minimum atomic E-state index is -1.42. The SMILES string of the molecule is CCc1cccc(-c2c(F)cccc2C(O)(CCCOC(=O)NC)C2CCCN(C(=O)CC3CCCNC3)C2)c1. The van der Waals surface area contributed by atoms with Crippen molar-refractivity contribution >= 4 is 12.0 Å². The van der Waals surface area contributed by atoms with Crippen LogP contribution in [-0.2, 0) is 21.6 Å². The van der Waals surface area contributed by atoms with Gasteiger partial charge in [0.1, 0.15) is 5.82 Å². The van der Waals surface area contributed by atoms with Crippen LogP contribution in [0, 0.1) is 17.7 Å². The zero-order chi connectivity index (χ0) is 28.5. The molecule has 3 N–H and O–H groups in total. The van der Waals surface area contributed by atoms with Gasteiger partial charge in [-0.3, -0.25) is 4.79 Å². The van der Waals surface area contributed by atoms with Crippen LogP contribution in [0.3, 0.4) is 0 Å². The molecule has 2 aliphatic heterocycles. The van der Waals surface area contributed by atoms with E-state index in [4.69, 9.17) is 4.74 Å². The van der Waals surface area contributed by atoms with Crippen LogP contribution in [0.5, 0.6) is 0 Å². The zero-order valence-corrected chi connectivity index (χ0v) is 23.9. The summed E-state index contributed by atoms with van der Waals surface area (Å²) in [6.45, 7) is 5.13. The number of piperidine rings is 2. The van der Waals surface area contributed by atoms with Gasteiger partial charge in [-0.1, -0.05) is 43.3 Å². The molecule has 3 unspecified atom stereocenters. The predicted octanol–water partition coefficient (Wildman–Crippen LogP) is 5.01. The number of hydrogen-bond acceptors (Lipinski definition) is 5. The van der Waals surface area contributed by atoms with Crippen LogP contribution in [0.1, 0.15) is 63.0 Å². The summed E-state index contributed by atoms with van der Waals surface area (Å²) in [7, 11) is 1.50. The van der Waals surface area contributed by atoms with Gasteiger partial charge in [-0.15, -0.1) is 0 Å². The Morgan fingerprint density at radius 2 is 2.02 bits per heavy atom. The summed E-state index contributed by atoms with van der Waals surface area (Å²) in [5, 5.41) is 18.4. The summed E-state index contributed by atoms with van der Waals surface area (Å²) >= 11 is 0. The van der Waals surface area contributed by atoms with Gasteiger partial charge in [0, 0.05) is 38.0 Å². The van der Waals surface area contributed by atoms with Crippen molar-refractivity contribution in [3.05, 3.63) is 59.4 Å². The number of carbonyl (C=O) groups excluding carboxylic acids is 2. The first-order valence-electron chi connectivity index (χ1n) is 14.8. The minimum absolute atomic E-state index is 0.124. The van der Waals surface area contributed by atoms with Crippen molar-refractivity contribution in [2.75, 3.05) is 39.8 Å². The topological polar surface area (TPSA) is 90.9 Å². The molecule has 4 rings (SSSR count). The highest BCUT2D eigenvalue weighted by molar-refractivity contribution is 5.76. The molecule has 2 fully saturated rings. The fourth-order valence-corrected chi connectivity index (χ4v) is 6.33. The quantitative estimate of drug-likeness (QED) is 0.360. The molecular formula is C32H44FN3O4. The van der Waals surface area contributed by atoms with Gasteiger partial charge < -0.3 is 25.4 Å². The Balaban J connectivity index is 1.65. The van der Waals surface area contributed by atoms with Gasteiger partial charge in [0.05, 0.1) is 12.2 Å². The first kappa shape index (κ1) is 30.0. The molecular weight excluding hydrogens is 509 g/mol. The zero-order valence-electron chi connectivity index (χ0n) is 23.9. The smallest absolute Gasteiger partial charge is 0.406 e. The number of benzene rings is 2. The molecule has 2 aromatic carbocycles. The average molecular weight is 554 g/mol. The van der Waals surface area contributed by atoms with E-state index in [1.54, 1.807) is 6.07 Å². The number of aliphatic hydroxyl groups is 1. The normalized spacial score (nSPS) is 20.9. The van der Waals surface area contributed by atoms with E-state index in [1.165, 1.54) is 13.1 Å². The number of nitrogens with zero attached hydrogens (tertiary/aromatic N) is 1. The molecule has 2 heterocycles. The summed E-state index contributed by atoms with van der Waals surface area (Å²) in [4.78, 5) is 26.9. The van der Waals surface area contributed by atoms with Crippen molar-refractivity contribution in [1.29, 1.82) is 0 Å². The Morgan fingerprint density at radius 1 is 1.20 bits per heavy atom. The van der Waals surface area contributed by atoms with Gasteiger partial charge in [0.2, 0.25) is 5.91 Å². The largest absolute Gasteiger partial charge is 0.450 e. The third kappa shape index (κ3) is 7.21. The summed E-state index contributed by atoms with van der Waals surface area (Å²) < 4.78 is 20.8. The van der Waals surface area contributed by atoms with Crippen LogP contribution in [-0.4, -0.2) is 61.8 Å². The number of hydrogen-bond donors (Lipinski definition) is 3. The molecule has 218 valence electrons. The lowest BCUT2D eigenvalue weighted by atomic mass is 9.72.